The van der Waals surface area contributed by atoms with Gasteiger partial charge in [0, 0.05) is 41.8 Å². The van der Waals surface area contributed by atoms with Crippen LogP contribution in [0.25, 0.3) is 10.9 Å². The lowest BCUT2D eigenvalue weighted by molar-refractivity contribution is 0.172. The Morgan fingerprint density at radius 2 is 1.87 bits per heavy atom. The van der Waals surface area contributed by atoms with E-state index < -0.39 is 6.10 Å². The molecule has 0 spiro atoms. The SMILES string of the molecule is COc1ccccc1CNC(=O)Nc1cccc(CC(C)NCC(O)c2ccc(O)c3[nH]c(=O)ccc23)c1. The van der Waals surface area contributed by atoms with Gasteiger partial charge in [0.15, 0.2) is 0 Å². The summed E-state index contributed by atoms with van der Waals surface area (Å²) in [5.74, 6) is 0.673. The molecule has 0 radical (unpaired) electrons. The number of benzene rings is 3. The van der Waals surface area contributed by atoms with E-state index in [0.717, 1.165) is 16.9 Å². The molecule has 0 saturated carbocycles. The lowest BCUT2D eigenvalue weighted by Gasteiger charge is -2.19. The van der Waals surface area contributed by atoms with Crippen molar-refractivity contribution in [2.45, 2.75) is 32.0 Å². The molecule has 0 fully saturated rings. The molecule has 4 rings (SSSR count). The first kappa shape index (κ1) is 26.7. The number of para-hydroxylation sites is 1. The Bertz CT molecular complexity index is 1470. The third-order valence-electron chi connectivity index (χ3n) is 6.28. The zero-order chi connectivity index (χ0) is 27.1. The Labute approximate surface area is 220 Å². The number of fused-ring (bicyclic) bond motifs is 1. The van der Waals surface area contributed by atoms with Crippen LogP contribution in [0.15, 0.2) is 77.6 Å². The van der Waals surface area contributed by atoms with Gasteiger partial charge >= 0.3 is 6.03 Å². The molecule has 6 N–H and O–H groups in total. The molecule has 1 aromatic heterocycles. The van der Waals surface area contributed by atoms with Crippen molar-refractivity contribution in [3.05, 3.63) is 99.8 Å². The fourth-order valence-corrected chi connectivity index (χ4v) is 4.37. The van der Waals surface area contributed by atoms with E-state index in [1.807, 2.05) is 55.5 Å². The largest absolute Gasteiger partial charge is 0.506 e. The quantitative estimate of drug-likeness (QED) is 0.190. The molecule has 3 aromatic carbocycles. The molecule has 38 heavy (non-hydrogen) atoms. The van der Waals surface area contributed by atoms with Crippen LogP contribution in [-0.4, -0.2) is 40.9 Å². The van der Waals surface area contributed by atoms with Gasteiger partial charge in [-0.3, -0.25) is 4.79 Å². The summed E-state index contributed by atoms with van der Waals surface area (Å²) in [4.78, 5) is 26.7. The molecule has 0 saturated heterocycles. The maximum Gasteiger partial charge on any atom is 0.319 e. The first-order chi connectivity index (χ1) is 18.3. The van der Waals surface area contributed by atoms with E-state index in [2.05, 4.69) is 20.9 Å². The van der Waals surface area contributed by atoms with E-state index in [4.69, 9.17) is 4.74 Å². The fraction of sp³-hybridized carbons (Fsp3) is 0.241. The van der Waals surface area contributed by atoms with Crippen LogP contribution in [-0.2, 0) is 13.0 Å². The predicted octanol–water partition coefficient (Wildman–Crippen LogP) is 3.82. The number of phenolic OH excluding ortho intramolecular Hbond substituents is 1. The molecule has 2 amide bonds. The van der Waals surface area contributed by atoms with E-state index in [-0.39, 0.29) is 29.9 Å². The summed E-state index contributed by atoms with van der Waals surface area (Å²) in [5.41, 5.74) is 3.18. The highest BCUT2D eigenvalue weighted by molar-refractivity contribution is 5.89. The molecule has 0 aliphatic heterocycles. The van der Waals surface area contributed by atoms with Crippen molar-refractivity contribution in [1.82, 2.24) is 15.6 Å². The third-order valence-corrected chi connectivity index (χ3v) is 6.28. The van der Waals surface area contributed by atoms with Crippen molar-refractivity contribution >= 4 is 22.6 Å². The van der Waals surface area contributed by atoms with Crippen LogP contribution in [0.1, 0.15) is 29.7 Å². The van der Waals surface area contributed by atoms with Gasteiger partial charge in [0.2, 0.25) is 5.56 Å². The number of pyridine rings is 1. The summed E-state index contributed by atoms with van der Waals surface area (Å²) >= 11 is 0. The van der Waals surface area contributed by atoms with Crippen LogP contribution in [0.2, 0.25) is 0 Å². The number of hydrogen-bond donors (Lipinski definition) is 6. The molecule has 1 heterocycles. The monoisotopic (exact) mass is 516 g/mol. The summed E-state index contributed by atoms with van der Waals surface area (Å²) in [7, 11) is 1.60. The Morgan fingerprint density at radius 1 is 1.05 bits per heavy atom. The highest BCUT2D eigenvalue weighted by Crippen LogP contribution is 2.28. The average Bonchev–Trinajstić information content (AvgIpc) is 2.91. The topological polar surface area (TPSA) is 136 Å². The minimum atomic E-state index is -0.841. The maximum absolute atomic E-state index is 12.4. The van der Waals surface area contributed by atoms with Gasteiger partial charge in [-0.05, 0) is 54.8 Å². The van der Waals surface area contributed by atoms with Crippen LogP contribution in [0.5, 0.6) is 11.5 Å². The number of rotatable bonds is 10. The van der Waals surface area contributed by atoms with Crippen LogP contribution >= 0.6 is 0 Å². The number of carbonyl (C=O) groups is 1. The van der Waals surface area contributed by atoms with Gasteiger partial charge in [0.1, 0.15) is 11.5 Å². The number of hydrogen-bond acceptors (Lipinski definition) is 6. The number of methoxy groups -OCH3 is 1. The molecule has 9 heteroatoms. The van der Waals surface area contributed by atoms with E-state index in [1.54, 1.807) is 19.2 Å². The smallest absolute Gasteiger partial charge is 0.319 e. The number of anilines is 1. The van der Waals surface area contributed by atoms with E-state index in [9.17, 15) is 19.8 Å². The average molecular weight is 517 g/mol. The predicted molar refractivity (Wildman–Crippen MR) is 148 cm³/mol. The van der Waals surface area contributed by atoms with Crippen molar-refractivity contribution in [2.24, 2.45) is 0 Å². The molecule has 198 valence electrons. The number of aliphatic hydroxyl groups excluding tert-OH is 1. The van der Waals surface area contributed by atoms with E-state index in [1.165, 1.54) is 12.1 Å². The highest BCUT2D eigenvalue weighted by atomic mass is 16.5. The van der Waals surface area contributed by atoms with Gasteiger partial charge in [-0.25, -0.2) is 4.79 Å². The first-order valence-corrected chi connectivity index (χ1v) is 12.4. The van der Waals surface area contributed by atoms with Crippen LogP contribution < -0.4 is 26.2 Å². The van der Waals surface area contributed by atoms with Gasteiger partial charge < -0.3 is 35.9 Å². The summed E-state index contributed by atoms with van der Waals surface area (Å²) in [6, 6.07) is 20.9. The van der Waals surface area contributed by atoms with Gasteiger partial charge in [-0.2, -0.15) is 0 Å². The van der Waals surface area contributed by atoms with Gasteiger partial charge in [-0.1, -0.05) is 36.4 Å². The number of ether oxygens (including phenoxy) is 1. The maximum atomic E-state index is 12.4. The van der Waals surface area contributed by atoms with Gasteiger partial charge in [0.25, 0.3) is 0 Å². The normalized spacial score (nSPS) is 12.6. The van der Waals surface area contributed by atoms with Crippen molar-refractivity contribution in [2.75, 3.05) is 19.0 Å². The van der Waals surface area contributed by atoms with Crippen molar-refractivity contribution in [3.8, 4) is 11.5 Å². The lowest BCUT2D eigenvalue weighted by atomic mass is 10.0. The molecule has 2 atom stereocenters. The number of urea groups is 1. The fourth-order valence-electron chi connectivity index (χ4n) is 4.37. The molecule has 0 aliphatic rings. The zero-order valence-electron chi connectivity index (χ0n) is 21.3. The third kappa shape index (κ3) is 6.70. The zero-order valence-corrected chi connectivity index (χ0v) is 21.3. The van der Waals surface area contributed by atoms with Crippen molar-refractivity contribution < 1.29 is 19.7 Å². The number of aromatic amines is 1. The van der Waals surface area contributed by atoms with E-state index >= 15 is 0 Å². The van der Waals surface area contributed by atoms with Gasteiger partial charge in [-0.15, -0.1) is 0 Å². The number of aromatic nitrogens is 1. The standard InChI is InChI=1S/C29H32N4O5/c1-18(30-17-25(35)22-10-12-24(34)28-23(22)11-13-27(36)33-28)14-19-6-5-8-21(15-19)32-29(37)31-16-20-7-3-4-9-26(20)38-2/h3-13,15,18,25,30,34-35H,14,16-17H2,1-2H3,(H,33,36)(H2,31,32,37). The summed E-state index contributed by atoms with van der Waals surface area (Å²) in [6.07, 6.45) is -0.166. The molecule has 9 nitrogen and oxygen atoms in total. The van der Waals surface area contributed by atoms with Crippen LogP contribution in [0.4, 0.5) is 10.5 Å². The number of nitrogens with one attached hydrogen (secondary N) is 4. The Balaban J connectivity index is 1.31. The Morgan fingerprint density at radius 3 is 2.68 bits per heavy atom. The van der Waals surface area contributed by atoms with Crippen LogP contribution in [0.3, 0.4) is 0 Å². The number of amides is 2. The second kappa shape index (κ2) is 12.3. The highest BCUT2D eigenvalue weighted by Gasteiger charge is 2.15. The molecule has 0 aliphatic carbocycles. The first-order valence-electron chi connectivity index (χ1n) is 12.4. The minimum absolute atomic E-state index is 0.0301. The number of aliphatic hydroxyl groups is 1. The molecule has 0 bridgehead atoms. The van der Waals surface area contributed by atoms with Crippen LogP contribution in [0, 0.1) is 0 Å². The number of phenols is 1. The lowest BCUT2D eigenvalue weighted by Crippen LogP contribution is -2.32. The van der Waals surface area contributed by atoms with Crippen molar-refractivity contribution in [1.29, 1.82) is 0 Å². The summed E-state index contributed by atoms with van der Waals surface area (Å²) in [5, 5.41) is 30.5. The molecular formula is C29H32N4O5. The van der Waals surface area contributed by atoms with Gasteiger partial charge in [0.05, 0.1) is 18.7 Å². The molecular weight excluding hydrogens is 484 g/mol. The molecule has 4 aromatic rings. The number of aromatic hydroxyl groups is 1. The number of carbonyl (C=O) groups excluding carboxylic acids is 1. The van der Waals surface area contributed by atoms with Crippen molar-refractivity contribution in [3.63, 3.8) is 0 Å². The number of H-pyrrole nitrogens is 1. The Kier molecular flexibility index (Phi) is 8.62. The second-order valence-electron chi connectivity index (χ2n) is 9.13. The Hall–Kier alpha value is -4.34. The minimum Gasteiger partial charge on any atom is -0.506 e. The summed E-state index contributed by atoms with van der Waals surface area (Å²) < 4.78 is 5.32. The summed E-state index contributed by atoms with van der Waals surface area (Å²) in [6.45, 7) is 2.63. The van der Waals surface area contributed by atoms with E-state index in [0.29, 0.717) is 35.1 Å². The molecule has 2 unspecified atom stereocenters. The second-order valence-corrected chi connectivity index (χ2v) is 9.13.